The van der Waals surface area contributed by atoms with Gasteiger partial charge >= 0.3 is 0 Å². The third-order valence-electron chi connectivity index (χ3n) is 3.10. The van der Waals surface area contributed by atoms with Crippen LogP contribution in [0.2, 0.25) is 5.02 Å². The van der Waals surface area contributed by atoms with Crippen LogP contribution in [0.1, 0.15) is 0 Å². The van der Waals surface area contributed by atoms with E-state index in [-0.39, 0.29) is 22.2 Å². The first kappa shape index (κ1) is 14.2. The van der Waals surface area contributed by atoms with Gasteiger partial charge in [-0.05, 0) is 24.3 Å². The van der Waals surface area contributed by atoms with Gasteiger partial charge in [0.05, 0.1) is 16.0 Å². The lowest BCUT2D eigenvalue weighted by Gasteiger charge is -2.06. The molecule has 0 aliphatic rings. The highest BCUT2D eigenvalue weighted by Gasteiger charge is 2.16. The van der Waals surface area contributed by atoms with Crippen LogP contribution in [-0.2, 0) is 0 Å². The van der Waals surface area contributed by atoms with E-state index in [1.807, 2.05) is 0 Å². The number of nitrogens with zero attached hydrogens (tertiary/aromatic N) is 1. The van der Waals surface area contributed by atoms with Crippen molar-refractivity contribution in [2.45, 2.75) is 0 Å². The second-order valence-corrected chi connectivity index (χ2v) is 4.94. The van der Waals surface area contributed by atoms with Crippen molar-refractivity contribution in [1.29, 1.82) is 0 Å². The summed E-state index contributed by atoms with van der Waals surface area (Å²) in [5, 5.41) is 14.3. The summed E-state index contributed by atoms with van der Waals surface area (Å²) in [4.78, 5) is 10.2. The summed E-state index contributed by atoms with van der Waals surface area (Å²) in [6.07, 6.45) is 0. The molecule has 3 rings (SSSR count). The maximum atomic E-state index is 13.2. The Hall–Kier alpha value is -2.80. The number of hydrogen-bond donors (Lipinski definition) is 2. The number of fused-ring (bicyclic) bond motifs is 1. The standard InChI is InChI=1S/C14H9ClFN3O3/c15-10-5-7(1-4-11(10)16)18-13-9-3-2-8(19(20)21)6-12(9)22-14(13)17/h1-6,18H,17H2. The molecule has 0 atom stereocenters. The highest BCUT2D eigenvalue weighted by molar-refractivity contribution is 6.31. The maximum Gasteiger partial charge on any atom is 0.273 e. The van der Waals surface area contributed by atoms with Crippen LogP contribution in [0.3, 0.4) is 0 Å². The molecule has 3 N–H and O–H groups in total. The van der Waals surface area contributed by atoms with Gasteiger partial charge in [0, 0.05) is 17.1 Å². The van der Waals surface area contributed by atoms with Gasteiger partial charge in [-0.1, -0.05) is 11.6 Å². The Kier molecular flexibility index (Phi) is 3.34. The summed E-state index contributed by atoms with van der Waals surface area (Å²) in [6, 6.07) is 8.27. The fourth-order valence-corrected chi connectivity index (χ4v) is 2.25. The smallest absolute Gasteiger partial charge is 0.273 e. The Labute approximate surface area is 128 Å². The number of nitro groups is 1. The van der Waals surface area contributed by atoms with E-state index < -0.39 is 10.7 Å². The SMILES string of the molecule is Nc1oc2cc([N+](=O)[O-])ccc2c1Nc1ccc(F)c(Cl)c1. The summed E-state index contributed by atoms with van der Waals surface area (Å²) in [7, 11) is 0. The third-order valence-corrected chi connectivity index (χ3v) is 3.39. The second kappa shape index (κ2) is 5.19. The number of furan rings is 1. The number of hydrogen-bond acceptors (Lipinski definition) is 5. The normalized spacial score (nSPS) is 10.8. The lowest BCUT2D eigenvalue weighted by atomic mass is 10.2. The number of anilines is 3. The van der Waals surface area contributed by atoms with Gasteiger partial charge in [-0.2, -0.15) is 0 Å². The predicted octanol–water partition coefficient (Wildman–Crippen LogP) is 4.46. The molecule has 1 aromatic heterocycles. The fraction of sp³-hybridized carbons (Fsp3) is 0. The van der Waals surface area contributed by atoms with Gasteiger partial charge in [0.1, 0.15) is 17.1 Å². The number of halogens is 2. The van der Waals surface area contributed by atoms with Gasteiger partial charge in [-0.3, -0.25) is 10.1 Å². The number of nitrogen functional groups attached to an aromatic ring is 1. The van der Waals surface area contributed by atoms with E-state index in [1.54, 1.807) is 0 Å². The van der Waals surface area contributed by atoms with E-state index in [0.717, 1.165) is 0 Å². The largest absolute Gasteiger partial charge is 0.438 e. The molecule has 1 heterocycles. The van der Waals surface area contributed by atoms with Gasteiger partial charge in [0.2, 0.25) is 5.88 Å². The zero-order valence-electron chi connectivity index (χ0n) is 11.0. The first-order valence-electron chi connectivity index (χ1n) is 6.14. The first-order chi connectivity index (χ1) is 10.5. The molecule has 0 saturated heterocycles. The topological polar surface area (TPSA) is 94.3 Å². The minimum absolute atomic E-state index is 0.0352. The Bertz CT molecular complexity index is 894. The molecule has 22 heavy (non-hydrogen) atoms. The summed E-state index contributed by atoms with van der Waals surface area (Å²) in [6.45, 7) is 0. The van der Waals surface area contributed by atoms with Crippen molar-refractivity contribution < 1.29 is 13.7 Å². The van der Waals surface area contributed by atoms with E-state index in [0.29, 0.717) is 16.8 Å². The van der Waals surface area contributed by atoms with Gasteiger partial charge in [0.25, 0.3) is 5.69 Å². The molecular formula is C14H9ClFN3O3. The molecule has 0 spiro atoms. The lowest BCUT2D eigenvalue weighted by molar-refractivity contribution is -0.384. The number of nitro benzene ring substituents is 1. The molecule has 0 radical (unpaired) electrons. The monoisotopic (exact) mass is 321 g/mol. The van der Waals surface area contributed by atoms with Gasteiger partial charge in [0.15, 0.2) is 0 Å². The van der Waals surface area contributed by atoms with Crippen LogP contribution in [0, 0.1) is 15.9 Å². The first-order valence-corrected chi connectivity index (χ1v) is 6.52. The molecule has 6 nitrogen and oxygen atoms in total. The third kappa shape index (κ3) is 2.42. The molecule has 0 amide bonds. The zero-order valence-corrected chi connectivity index (χ0v) is 11.7. The summed E-state index contributed by atoms with van der Waals surface area (Å²) < 4.78 is 18.5. The van der Waals surface area contributed by atoms with Crippen molar-refractivity contribution in [3.8, 4) is 0 Å². The number of nitrogens with one attached hydrogen (secondary N) is 1. The van der Waals surface area contributed by atoms with Crippen molar-refractivity contribution in [2.75, 3.05) is 11.1 Å². The van der Waals surface area contributed by atoms with Crippen LogP contribution in [0.25, 0.3) is 11.0 Å². The molecule has 0 aliphatic heterocycles. The molecular weight excluding hydrogens is 313 g/mol. The number of nitrogens with two attached hydrogens (primary N) is 1. The van der Waals surface area contributed by atoms with Crippen molar-refractivity contribution >= 4 is 45.5 Å². The van der Waals surface area contributed by atoms with Gasteiger partial charge in [-0.15, -0.1) is 0 Å². The highest BCUT2D eigenvalue weighted by Crippen LogP contribution is 2.37. The molecule has 0 aliphatic carbocycles. The summed E-state index contributed by atoms with van der Waals surface area (Å²) >= 11 is 5.72. The Balaban J connectivity index is 2.04. The minimum Gasteiger partial charge on any atom is -0.438 e. The van der Waals surface area contributed by atoms with Crippen LogP contribution in [0.4, 0.5) is 27.3 Å². The average molecular weight is 322 g/mol. The number of benzene rings is 2. The fourth-order valence-electron chi connectivity index (χ4n) is 2.06. The molecule has 2 aromatic carbocycles. The van der Waals surface area contributed by atoms with E-state index in [4.69, 9.17) is 21.8 Å². The van der Waals surface area contributed by atoms with Gasteiger partial charge in [-0.25, -0.2) is 4.39 Å². The summed E-state index contributed by atoms with van der Waals surface area (Å²) in [5.74, 6) is -0.469. The van der Waals surface area contributed by atoms with Crippen LogP contribution in [0.5, 0.6) is 0 Å². The summed E-state index contributed by atoms with van der Waals surface area (Å²) in [5.41, 5.74) is 6.92. The van der Waals surface area contributed by atoms with E-state index in [2.05, 4.69) is 5.32 Å². The molecule has 8 heteroatoms. The Morgan fingerprint density at radius 3 is 2.73 bits per heavy atom. The predicted molar refractivity (Wildman–Crippen MR) is 82.0 cm³/mol. The molecule has 0 saturated carbocycles. The van der Waals surface area contributed by atoms with Gasteiger partial charge < -0.3 is 15.5 Å². The molecule has 0 unspecified atom stereocenters. The van der Waals surface area contributed by atoms with Crippen LogP contribution in [-0.4, -0.2) is 4.92 Å². The van der Waals surface area contributed by atoms with Crippen molar-refractivity contribution in [3.05, 3.63) is 57.4 Å². The Morgan fingerprint density at radius 2 is 2.05 bits per heavy atom. The van der Waals surface area contributed by atoms with Crippen molar-refractivity contribution in [3.63, 3.8) is 0 Å². The average Bonchev–Trinajstić information content (AvgIpc) is 2.78. The maximum absolute atomic E-state index is 13.2. The molecule has 0 fully saturated rings. The number of rotatable bonds is 3. The zero-order chi connectivity index (χ0) is 15.9. The molecule has 3 aromatic rings. The molecule has 0 bridgehead atoms. The van der Waals surface area contributed by atoms with Crippen LogP contribution < -0.4 is 11.1 Å². The minimum atomic E-state index is -0.534. The Morgan fingerprint density at radius 1 is 1.27 bits per heavy atom. The van der Waals surface area contributed by atoms with E-state index in [9.17, 15) is 14.5 Å². The van der Waals surface area contributed by atoms with Crippen molar-refractivity contribution in [1.82, 2.24) is 0 Å². The van der Waals surface area contributed by atoms with E-state index >= 15 is 0 Å². The van der Waals surface area contributed by atoms with Crippen molar-refractivity contribution in [2.24, 2.45) is 0 Å². The van der Waals surface area contributed by atoms with Crippen LogP contribution in [0.15, 0.2) is 40.8 Å². The lowest BCUT2D eigenvalue weighted by Crippen LogP contribution is -1.94. The molecule has 112 valence electrons. The van der Waals surface area contributed by atoms with E-state index in [1.165, 1.54) is 36.4 Å². The van der Waals surface area contributed by atoms with Crippen LogP contribution >= 0.6 is 11.6 Å². The second-order valence-electron chi connectivity index (χ2n) is 4.53. The quantitative estimate of drug-likeness (QED) is 0.548. The number of non-ortho nitro benzene ring substituents is 1. The highest BCUT2D eigenvalue weighted by atomic mass is 35.5.